The molecule has 1 fully saturated rings. The van der Waals surface area contributed by atoms with Crippen molar-refractivity contribution in [3.63, 3.8) is 0 Å². The van der Waals surface area contributed by atoms with Crippen LogP contribution in [-0.4, -0.2) is 55.3 Å². The third-order valence-electron chi connectivity index (χ3n) is 4.94. The number of hydrogen-bond donors (Lipinski definition) is 1. The fraction of sp³-hybridized carbons (Fsp3) is 0.368. The number of aromatic nitrogens is 6. The number of anilines is 1. The normalized spacial score (nSPS) is 14.8. The third-order valence-corrected chi connectivity index (χ3v) is 4.94. The van der Waals surface area contributed by atoms with E-state index in [1.807, 2.05) is 18.2 Å². The van der Waals surface area contributed by atoms with Crippen molar-refractivity contribution in [2.45, 2.75) is 19.3 Å². The van der Waals surface area contributed by atoms with Crippen molar-refractivity contribution in [3.05, 3.63) is 55.1 Å². The number of piperidine rings is 1. The second kappa shape index (κ2) is 8.55. The Morgan fingerprint density at radius 1 is 1.07 bits per heavy atom. The molecule has 0 bridgehead atoms. The van der Waals surface area contributed by atoms with Crippen LogP contribution in [-0.2, 0) is 11.2 Å². The van der Waals surface area contributed by atoms with E-state index in [0.29, 0.717) is 12.4 Å². The molecule has 28 heavy (non-hydrogen) atoms. The highest BCUT2D eigenvalue weighted by Gasteiger charge is 2.25. The van der Waals surface area contributed by atoms with Crippen LogP contribution in [0.4, 0.5) is 5.82 Å². The van der Waals surface area contributed by atoms with Crippen LogP contribution >= 0.6 is 0 Å². The summed E-state index contributed by atoms with van der Waals surface area (Å²) in [6, 6.07) is 5.84. The molecule has 0 aromatic carbocycles. The lowest BCUT2D eigenvalue weighted by molar-refractivity contribution is -0.125. The highest BCUT2D eigenvalue weighted by atomic mass is 16.1. The first kappa shape index (κ1) is 18.0. The number of hydrogen-bond acceptors (Lipinski definition) is 7. The van der Waals surface area contributed by atoms with Crippen LogP contribution in [0, 0.1) is 5.92 Å². The first-order valence-electron chi connectivity index (χ1n) is 9.38. The molecule has 0 radical (unpaired) electrons. The third kappa shape index (κ3) is 4.30. The standard InChI is InChI=1S/C19H22N8O/c28-19(22-8-3-15-1-6-20-7-2-15)16-4-9-26(10-5-16)17-11-18(24-13-23-17)27-14-21-12-25-27/h1-2,6-7,11-14,16H,3-5,8-10H2,(H,22,28). The van der Waals surface area contributed by atoms with Gasteiger partial charge in [-0.2, -0.15) is 5.10 Å². The Hall–Kier alpha value is -3.36. The van der Waals surface area contributed by atoms with E-state index in [4.69, 9.17) is 0 Å². The predicted molar refractivity (Wildman–Crippen MR) is 103 cm³/mol. The molecule has 9 heteroatoms. The van der Waals surface area contributed by atoms with Crippen molar-refractivity contribution >= 4 is 11.7 Å². The van der Waals surface area contributed by atoms with Crippen molar-refractivity contribution in [3.8, 4) is 5.82 Å². The average Bonchev–Trinajstić information content (AvgIpc) is 3.30. The zero-order valence-electron chi connectivity index (χ0n) is 15.5. The minimum Gasteiger partial charge on any atom is -0.356 e. The average molecular weight is 378 g/mol. The van der Waals surface area contributed by atoms with Crippen LogP contribution in [0.3, 0.4) is 0 Å². The summed E-state index contributed by atoms with van der Waals surface area (Å²) < 4.78 is 1.61. The fourth-order valence-electron chi connectivity index (χ4n) is 3.36. The van der Waals surface area contributed by atoms with Crippen molar-refractivity contribution in [1.82, 2.24) is 35.0 Å². The molecule has 1 amide bonds. The zero-order chi connectivity index (χ0) is 19.2. The number of pyridine rings is 1. The van der Waals surface area contributed by atoms with Gasteiger partial charge in [0.05, 0.1) is 0 Å². The summed E-state index contributed by atoms with van der Waals surface area (Å²) in [4.78, 5) is 31.2. The summed E-state index contributed by atoms with van der Waals surface area (Å²) in [5.41, 5.74) is 1.18. The molecule has 4 heterocycles. The van der Waals surface area contributed by atoms with Crippen LogP contribution in [0.25, 0.3) is 5.82 Å². The van der Waals surface area contributed by atoms with Gasteiger partial charge in [-0.25, -0.2) is 19.6 Å². The minimum atomic E-state index is 0.0466. The van der Waals surface area contributed by atoms with Crippen LogP contribution in [0.1, 0.15) is 18.4 Å². The van der Waals surface area contributed by atoms with Crippen LogP contribution < -0.4 is 10.2 Å². The smallest absolute Gasteiger partial charge is 0.223 e. The Balaban J connectivity index is 1.27. The van der Waals surface area contributed by atoms with Gasteiger partial charge < -0.3 is 10.2 Å². The Morgan fingerprint density at radius 2 is 1.86 bits per heavy atom. The molecule has 1 aliphatic rings. The molecular formula is C19H22N8O. The van der Waals surface area contributed by atoms with E-state index >= 15 is 0 Å². The highest BCUT2D eigenvalue weighted by Crippen LogP contribution is 2.22. The predicted octanol–water partition coefficient (Wildman–Crippen LogP) is 1.03. The number of nitrogens with zero attached hydrogens (tertiary/aromatic N) is 7. The van der Waals surface area contributed by atoms with Crippen molar-refractivity contribution in [2.75, 3.05) is 24.5 Å². The monoisotopic (exact) mass is 378 g/mol. The molecule has 1 aliphatic heterocycles. The minimum absolute atomic E-state index is 0.0466. The molecule has 1 N–H and O–H groups in total. The van der Waals surface area contributed by atoms with Gasteiger partial charge >= 0.3 is 0 Å². The molecule has 0 spiro atoms. The number of carbonyl (C=O) groups is 1. The van der Waals surface area contributed by atoms with Gasteiger partial charge in [0.2, 0.25) is 5.91 Å². The van der Waals surface area contributed by atoms with E-state index in [9.17, 15) is 4.79 Å². The number of nitrogens with one attached hydrogen (secondary N) is 1. The second-order valence-corrected chi connectivity index (χ2v) is 6.73. The zero-order valence-corrected chi connectivity index (χ0v) is 15.5. The maximum Gasteiger partial charge on any atom is 0.223 e. The SMILES string of the molecule is O=C(NCCc1ccncc1)C1CCN(c2cc(-n3cncn3)ncn2)CC1. The van der Waals surface area contributed by atoms with Crippen molar-refractivity contribution < 1.29 is 4.79 Å². The summed E-state index contributed by atoms with van der Waals surface area (Å²) in [5.74, 6) is 1.71. The lowest BCUT2D eigenvalue weighted by Crippen LogP contribution is -2.41. The van der Waals surface area contributed by atoms with Gasteiger partial charge in [0.1, 0.15) is 24.8 Å². The maximum absolute atomic E-state index is 12.5. The Bertz CT molecular complexity index is 891. The molecule has 0 aliphatic carbocycles. The number of carbonyl (C=O) groups excluding carboxylic acids is 1. The lowest BCUT2D eigenvalue weighted by Gasteiger charge is -2.32. The van der Waals surface area contributed by atoms with Crippen LogP contribution in [0.5, 0.6) is 0 Å². The van der Waals surface area contributed by atoms with Crippen LogP contribution in [0.2, 0.25) is 0 Å². The fourth-order valence-corrected chi connectivity index (χ4v) is 3.36. The van der Waals surface area contributed by atoms with E-state index < -0.39 is 0 Å². The lowest BCUT2D eigenvalue weighted by atomic mass is 9.96. The molecule has 9 nitrogen and oxygen atoms in total. The van der Waals surface area contributed by atoms with E-state index in [0.717, 1.165) is 38.2 Å². The topological polar surface area (TPSA) is 102 Å². The van der Waals surface area contributed by atoms with E-state index in [1.165, 1.54) is 18.2 Å². The highest BCUT2D eigenvalue weighted by molar-refractivity contribution is 5.79. The summed E-state index contributed by atoms with van der Waals surface area (Å²) in [6.07, 6.45) is 10.6. The molecule has 0 unspecified atom stereocenters. The van der Waals surface area contributed by atoms with Gasteiger partial charge in [-0.15, -0.1) is 0 Å². The van der Waals surface area contributed by atoms with Gasteiger partial charge in [-0.3, -0.25) is 9.78 Å². The molecule has 144 valence electrons. The molecule has 0 atom stereocenters. The quantitative estimate of drug-likeness (QED) is 0.683. The van der Waals surface area contributed by atoms with Gasteiger partial charge in [0, 0.05) is 44.0 Å². The second-order valence-electron chi connectivity index (χ2n) is 6.73. The van der Waals surface area contributed by atoms with Crippen molar-refractivity contribution in [1.29, 1.82) is 0 Å². The van der Waals surface area contributed by atoms with Crippen molar-refractivity contribution in [2.24, 2.45) is 5.92 Å². The maximum atomic E-state index is 12.5. The van der Waals surface area contributed by atoms with Gasteiger partial charge in [0.25, 0.3) is 0 Å². The first-order valence-corrected chi connectivity index (χ1v) is 9.38. The van der Waals surface area contributed by atoms with Gasteiger partial charge in [-0.1, -0.05) is 0 Å². The van der Waals surface area contributed by atoms with E-state index in [2.05, 4.69) is 35.3 Å². The Morgan fingerprint density at radius 3 is 2.61 bits per heavy atom. The number of rotatable bonds is 6. The molecular weight excluding hydrogens is 356 g/mol. The van der Waals surface area contributed by atoms with Gasteiger partial charge in [0.15, 0.2) is 5.82 Å². The molecule has 0 saturated carbocycles. The molecule has 4 rings (SSSR count). The first-order chi connectivity index (χ1) is 13.8. The summed E-state index contributed by atoms with van der Waals surface area (Å²) >= 11 is 0. The Kier molecular flexibility index (Phi) is 5.51. The van der Waals surface area contributed by atoms with E-state index in [-0.39, 0.29) is 11.8 Å². The summed E-state index contributed by atoms with van der Waals surface area (Å²) in [5, 5.41) is 7.16. The largest absolute Gasteiger partial charge is 0.356 e. The Labute approximate surface area is 162 Å². The summed E-state index contributed by atoms with van der Waals surface area (Å²) in [6.45, 7) is 2.22. The molecule has 3 aromatic heterocycles. The van der Waals surface area contributed by atoms with E-state index in [1.54, 1.807) is 23.4 Å². The molecule has 3 aromatic rings. The summed E-state index contributed by atoms with van der Waals surface area (Å²) in [7, 11) is 0. The number of amides is 1. The van der Waals surface area contributed by atoms with Crippen LogP contribution in [0.15, 0.2) is 49.6 Å². The molecule has 1 saturated heterocycles. The van der Waals surface area contributed by atoms with Gasteiger partial charge in [-0.05, 0) is 37.0 Å².